The van der Waals surface area contributed by atoms with Crippen LogP contribution in [0.4, 0.5) is 0 Å². The molecule has 0 spiro atoms. The molecule has 1 unspecified atom stereocenters. The number of benzene rings is 1. The molecule has 1 N–H and O–H groups in total. The number of hydrogen-bond acceptors (Lipinski definition) is 5. The lowest BCUT2D eigenvalue weighted by Gasteiger charge is -2.28. The van der Waals surface area contributed by atoms with Crippen molar-refractivity contribution in [3.63, 3.8) is 0 Å². The lowest BCUT2D eigenvalue weighted by molar-refractivity contribution is -0.121. The zero-order chi connectivity index (χ0) is 24.0. The van der Waals surface area contributed by atoms with Crippen molar-refractivity contribution < 1.29 is 4.79 Å². The first-order chi connectivity index (χ1) is 17.2. The highest BCUT2D eigenvalue weighted by Crippen LogP contribution is 2.21. The van der Waals surface area contributed by atoms with Gasteiger partial charge in [0.1, 0.15) is 0 Å². The highest BCUT2D eigenvalue weighted by atomic mass is 16.1. The van der Waals surface area contributed by atoms with Crippen molar-refractivity contribution >= 4 is 16.8 Å². The van der Waals surface area contributed by atoms with Crippen LogP contribution in [0, 0.1) is 6.92 Å². The van der Waals surface area contributed by atoms with Crippen molar-refractivity contribution in [2.24, 2.45) is 0 Å². The maximum Gasteiger partial charge on any atom is 0.226 e. The Kier molecular flexibility index (Phi) is 7.14. The van der Waals surface area contributed by atoms with Crippen molar-refractivity contribution in [2.75, 3.05) is 19.6 Å². The van der Waals surface area contributed by atoms with Gasteiger partial charge >= 0.3 is 0 Å². The van der Waals surface area contributed by atoms with Crippen molar-refractivity contribution in [3.05, 3.63) is 84.1 Å². The van der Waals surface area contributed by atoms with Crippen LogP contribution in [0.5, 0.6) is 0 Å². The molecule has 180 valence electrons. The first-order valence-electron chi connectivity index (χ1n) is 12.5. The van der Waals surface area contributed by atoms with E-state index in [0.29, 0.717) is 0 Å². The molecule has 7 nitrogen and oxygen atoms in total. The average molecular weight is 469 g/mol. The number of likely N-dealkylation sites (tertiary alicyclic amines) is 1. The molecule has 0 aliphatic carbocycles. The maximum atomic E-state index is 13.1. The molecule has 7 heteroatoms. The average Bonchev–Trinajstić information content (AvgIpc) is 3.31. The Bertz CT molecular complexity index is 1280. The van der Waals surface area contributed by atoms with Crippen molar-refractivity contribution in [1.82, 2.24) is 30.0 Å². The monoisotopic (exact) mass is 468 g/mol. The Balaban J connectivity index is 1.27. The molecular weight excluding hydrogens is 436 g/mol. The van der Waals surface area contributed by atoms with Gasteiger partial charge in [-0.3, -0.25) is 14.8 Å². The Morgan fingerprint density at radius 2 is 1.86 bits per heavy atom. The number of hydrogen-bond donors (Lipinski definition) is 1. The van der Waals surface area contributed by atoms with Gasteiger partial charge in [-0.05, 0) is 63.0 Å². The molecule has 1 fully saturated rings. The van der Waals surface area contributed by atoms with Crippen molar-refractivity contribution in [1.29, 1.82) is 0 Å². The SMILES string of the molecule is Cc1cc(-n2ncc3cc(CC(=O)NC(CCN4CCCCC4)c4ccccc4)ncc32)ccn1. The standard InChI is InChI=1S/C28H32N6O/c1-21-16-25(10-12-29-21)34-27-20-30-24(17-23(27)19-31-34)18-28(35)32-26(22-8-4-2-5-9-22)11-15-33-13-6-3-7-14-33/h2,4-5,8-10,12,16-17,19-20,26H,3,6-7,11,13-15,18H2,1H3,(H,32,35). The number of carbonyl (C=O) groups excluding carboxylic acids is 1. The van der Waals surface area contributed by atoms with Gasteiger partial charge in [0, 0.05) is 23.8 Å². The Morgan fingerprint density at radius 1 is 1.03 bits per heavy atom. The largest absolute Gasteiger partial charge is 0.349 e. The van der Waals surface area contributed by atoms with Gasteiger partial charge in [0.25, 0.3) is 0 Å². The summed E-state index contributed by atoms with van der Waals surface area (Å²) in [6.45, 7) is 5.27. The Morgan fingerprint density at radius 3 is 2.66 bits per heavy atom. The molecule has 5 rings (SSSR count). The lowest BCUT2D eigenvalue weighted by Crippen LogP contribution is -2.35. The zero-order valence-electron chi connectivity index (χ0n) is 20.2. The number of amides is 1. The minimum Gasteiger partial charge on any atom is -0.349 e. The van der Waals surface area contributed by atoms with E-state index < -0.39 is 0 Å². The van der Waals surface area contributed by atoms with Crippen LogP contribution in [0.2, 0.25) is 0 Å². The molecule has 0 saturated carbocycles. The second-order valence-electron chi connectivity index (χ2n) is 9.34. The van der Waals surface area contributed by atoms with Crippen LogP contribution in [0.15, 0.2) is 67.1 Å². The number of piperidine rings is 1. The third kappa shape index (κ3) is 5.74. The van der Waals surface area contributed by atoms with E-state index in [2.05, 4.69) is 37.4 Å². The Labute approximate surface area is 206 Å². The normalized spacial score (nSPS) is 15.2. The zero-order valence-corrected chi connectivity index (χ0v) is 20.2. The smallest absolute Gasteiger partial charge is 0.226 e. The van der Waals surface area contributed by atoms with E-state index in [-0.39, 0.29) is 18.4 Å². The summed E-state index contributed by atoms with van der Waals surface area (Å²) in [7, 11) is 0. The van der Waals surface area contributed by atoms with Crippen LogP contribution < -0.4 is 5.32 Å². The molecule has 0 bridgehead atoms. The van der Waals surface area contributed by atoms with Gasteiger partial charge < -0.3 is 10.2 Å². The number of carbonyl (C=O) groups is 1. The predicted octanol–water partition coefficient (Wildman–Crippen LogP) is 4.40. The molecule has 4 heterocycles. The number of fused-ring (bicyclic) bond motifs is 1. The van der Waals surface area contributed by atoms with Crippen LogP contribution >= 0.6 is 0 Å². The minimum absolute atomic E-state index is 0.00737. The van der Waals surface area contributed by atoms with Crippen LogP contribution in [-0.2, 0) is 11.2 Å². The fourth-order valence-electron chi connectivity index (χ4n) is 4.85. The first kappa shape index (κ1) is 23.2. The number of aromatic nitrogens is 4. The highest BCUT2D eigenvalue weighted by Gasteiger charge is 2.18. The highest BCUT2D eigenvalue weighted by molar-refractivity contribution is 5.83. The third-order valence-electron chi connectivity index (χ3n) is 6.70. The minimum atomic E-state index is -0.0125. The molecule has 1 amide bonds. The fraction of sp³-hybridized carbons (Fsp3) is 0.357. The molecule has 3 aromatic heterocycles. The number of pyridine rings is 2. The summed E-state index contributed by atoms with van der Waals surface area (Å²) in [5, 5.41) is 8.76. The molecule has 1 aliphatic heterocycles. The van der Waals surface area contributed by atoms with E-state index in [9.17, 15) is 4.79 Å². The third-order valence-corrected chi connectivity index (χ3v) is 6.70. The van der Waals surface area contributed by atoms with E-state index >= 15 is 0 Å². The summed E-state index contributed by atoms with van der Waals surface area (Å²) in [5.74, 6) is -0.0125. The summed E-state index contributed by atoms with van der Waals surface area (Å²) in [4.78, 5) is 24.4. The summed E-state index contributed by atoms with van der Waals surface area (Å²) >= 11 is 0. The predicted molar refractivity (Wildman–Crippen MR) is 137 cm³/mol. The van der Waals surface area contributed by atoms with Crippen molar-refractivity contribution in [2.45, 2.75) is 45.1 Å². The van der Waals surface area contributed by atoms with E-state index in [1.807, 2.05) is 54.2 Å². The molecule has 0 radical (unpaired) electrons. The number of aryl methyl sites for hydroxylation is 1. The second kappa shape index (κ2) is 10.8. The molecule has 1 saturated heterocycles. The van der Waals surface area contributed by atoms with Crippen molar-refractivity contribution in [3.8, 4) is 5.69 Å². The Hall–Kier alpha value is -3.58. The molecule has 4 aromatic rings. The lowest BCUT2D eigenvalue weighted by atomic mass is 10.0. The molecule has 1 aliphatic rings. The van der Waals surface area contributed by atoms with E-state index in [4.69, 9.17) is 0 Å². The van der Waals surface area contributed by atoms with Gasteiger partial charge in [0.15, 0.2) is 0 Å². The number of nitrogens with zero attached hydrogens (tertiary/aromatic N) is 5. The van der Waals surface area contributed by atoms with Crippen LogP contribution in [0.3, 0.4) is 0 Å². The first-order valence-corrected chi connectivity index (χ1v) is 12.5. The van der Waals surface area contributed by atoms with Gasteiger partial charge in [0.2, 0.25) is 5.91 Å². The van der Waals surface area contributed by atoms with Gasteiger partial charge in [-0.25, -0.2) is 4.68 Å². The maximum absolute atomic E-state index is 13.1. The molecule has 1 aromatic carbocycles. The van der Waals surface area contributed by atoms with Gasteiger partial charge in [-0.1, -0.05) is 36.8 Å². The van der Waals surface area contributed by atoms with Crippen LogP contribution in [0.25, 0.3) is 16.6 Å². The summed E-state index contributed by atoms with van der Waals surface area (Å²) < 4.78 is 1.85. The molecule has 35 heavy (non-hydrogen) atoms. The molecular formula is C28H32N6O. The number of rotatable bonds is 8. The van der Waals surface area contributed by atoms with Crippen LogP contribution in [-0.4, -0.2) is 50.2 Å². The quantitative estimate of drug-likeness (QED) is 0.415. The summed E-state index contributed by atoms with van der Waals surface area (Å²) in [6.07, 6.45) is 10.4. The summed E-state index contributed by atoms with van der Waals surface area (Å²) in [6, 6.07) is 16.1. The van der Waals surface area contributed by atoms with Gasteiger partial charge in [-0.15, -0.1) is 0 Å². The second-order valence-corrected chi connectivity index (χ2v) is 9.34. The topological polar surface area (TPSA) is 75.9 Å². The van der Waals surface area contributed by atoms with E-state index in [1.54, 1.807) is 12.4 Å². The van der Waals surface area contributed by atoms with E-state index in [1.165, 1.54) is 19.3 Å². The summed E-state index contributed by atoms with van der Waals surface area (Å²) in [5.41, 5.74) is 4.67. The molecule has 1 atom stereocenters. The number of nitrogens with one attached hydrogen (secondary N) is 1. The van der Waals surface area contributed by atoms with Gasteiger partial charge in [0.05, 0.1) is 41.8 Å². The van der Waals surface area contributed by atoms with E-state index in [0.717, 1.165) is 59.6 Å². The van der Waals surface area contributed by atoms with Crippen LogP contribution in [0.1, 0.15) is 48.7 Å². The fourth-order valence-corrected chi connectivity index (χ4v) is 4.85. The van der Waals surface area contributed by atoms with Gasteiger partial charge in [-0.2, -0.15) is 5.10 Å².